The minimum atomic E-state index is -2.31. The molecule has 50 heavy (non-hydrogen) atoms. The number of rotatable bonds is 11. The van der Waals surface area contributed by atoms with Gasteiger partial charge in [0.2, 0.25) is 5.54 Å². The first-order valence-corrected chi connectivity index (χ1v) is 16.6. The van der Waals surface area contributed by atoms with Crippen LogP contribution in [-0.2, 0) is 20.9 Å². The lowest BCUT2D eigenvalue weighted by molar-refractivity contribution is -0.179. The van der Waals surface area contributed by atoms with Crippen molar-refractivity contribution in [1.29, 1.82) is 0 Å². The number of aryl methyl sites for hydroxylation is 1. The van der Waals surface area contributed by atoms with E-state index >= 15 is 0 Å². The molecular weight excluding hydrogens is 638 g/mol. The van der Waals surface area contributed by atoms with Crippen LogP contribution in [0, 0.1) is 35.5 Å². The molecule has 3 aromatic rings. The Bertz CT molecular complexity index is 1900. The van der Waals surface area contributed by atoms with E-state index in [0.29, 0.717) is 29.0 Å². The summed E-state index contributed by atoms with van der Waals surface area (Å²) in [6, 6.07) is 10.6. The number of carboxylic acids is 2. The third-order valence-electron chi connectivity index (χ3n) is 10.3. The van der Waals surface area contributed by atoms with E-state index in [1.807, 2.05) is 52.5 Å². The highest BCUT2D eigenvalue weighted by molar-refractivity contribution is 6.14. The van der Waals surface area contributed by atoms with Crippen molar-refractivity contribution in [2.75, 3.05) is 18.0 Å². The van der Waals surface area contributed by atoms with E-state index in [2.05, 4.69) is 15.9 Å². The maximum atomic E-state index is 14.4. The number of aliphatic carboxylic acids is 2. The predicted octanol–water partition coefficient (Wildman–Crippen LogP) is 4.38. The number of fused-ring (bicyclic) bond motifs is 1. The Morgan fingerprint density at radius 2 is 1.68 bits per heavy atom. The molecule has 0 saturated carbocycles. The van der Waals surface area contributed by atoms with Gasteiger partial charge in [-0.05, 0) is 72.6 Å². The van der Waals surface area contributed by atoms with E-state index in [9.17, 15) is 34.2 Å². The first kappa shape index (κ1) is 37.8. The van der Waals surface area contributed by atoms with Crippen LogP contribution in [0.3, 0.4) is 0 Å². The molecule has 0 unspecified atom stereocenters. The lowest BCUT2D eigenvalue weighted by Crippen LogP contribution is -2.72. The van der Waals surface area contributed by atoms with E-state index in [1.54, 1.807) is 43.3 Å². The number of likely N-dealkylation sites (tertiary alicyclic amines) is 1. The molecule has 0 spiro atoms. The number of nitrogens with one attached hydrogen (secondary N) is 1. The smallest absolute Gasteiger partial charge is 0.338 e. The van der Waals surface area contributed by atoms with Crippen LogP contribution in [-0.4, -0.2) is 73.4 Å². The largest absolute Gasteiger partial charge is 0.480 e. The van der Waals surface area contributed by atoms with Crippen LogP contribution in [0.5, 0.6) is 0 Å². The van der Waals surface area contributed by atoms with Crippen LogP contribution in [0.15, 0.2) is 47.3 Å². The quantitative estimate of drug-likeness (QED) is 0.167. The molecule has 2 atom stereocenters. The number of carboxylic acid groups (broad SMARTS) is 2. The van der Waals surface area contributed by atoms with Crippen LogP contribution < -0.4 is 16.2 Å². The number of ketones is 1. The maximum absolute atomic E-state index is 14.4. The van der Waals surface area contributed by atoms with Gasteiger partial charge in [-0.15, -0.1) is 6.42 Å². The minimum Gasteiger partial charge on any atom is -0.480 e. The number of nitrogens with zero attached hydrogens (tertiary/aromatic N) is 3. The normalized spacial score (nSPS) is 18.0. The number of hydrogen-bond acceptors (Lipinski definition) is 8. The Labute approximate surface area is 292 Å². The van der Waals surface area contributed by atoms with Gasteiger partial charge in [-0.2, -0.15) is 0 Å². The van der Waals surface area contributed by atoms with Gasteiger partial charge in [0, 0.05) is 36.2 Å². The van der Waals surface area contributed by atoms with Crippen molar-refractivity contribution < 1.29 is 29.4 Å². The van der Waals surface area contributed by atoms with E-state index in [4.69, 9.17) is 12.2 Å². The van der Waals surface area contributed by atoms with Crippen LogP contribution in [0.25, 0.3) is 10.9 Å². The van der Waals surface area contributed by atoms with Gasteiger partial charge in [-0.25, -0.2) is 9.78 Å². The SMILES string of the molecule is C#CCN(Cc1ccc2nc(C)[nH]c(=O)c2c1)c1ccc(C(=O)N2CCC(C(C)(C)C)(C(C)(C)C)[C@]2(C(=O)O)C(=O)CC[C@H](N)C(=O)O)cc1. The van der Waals surface area contributed by atoms with E-state index in [1.165, 1.54) is 4.90 Å². The van der Waals surface area contributed by atoms with Crippen molar-refractivity contribution >= 4 is 40.2 Å². The van der Waals surface area contributed by atoms with Crippen molar-refractivity contribution in [3.05, 3.63) is 69.8 Å². The number of anilines is 1. The van der Waals surface area contributed by atoms with Crippen molar-refractivity contribution in [2.45, 2.75) is 85.9 Å². The van der Waals surface area contributed by atoms with Crippen molar-refractivity contribution in [2.24, 2.45) is 22.0 Å². The maximum Gasteiger partial charge on any atom is 0.338 e. The molecular formula is C38H47N5O7. The summed E-state index contributed by atoms with van der Waals surface area (Å²) >= 11 is 0. The Balaban J connectivity index is 1.75. The van der Waals surface area contributed by atoms with Crippen molar-refractivity contribution in [3.63, 3.8) is 0 Å². The average molecular weight is 686 g/mol. The molecule has 0 bridgehead atoms. The number of aromatic nitrogens is 2. The fourth-order valence-electron chi connectivity index (χ4n) is 8.41. The van der Waals surface area contributed by atoms with Gasteiger partial charge >= 0.3 is 11.9 Å². The first-order valence-electron chi connectivity index (χ1n) is 16.6. The van der Waals surface area contributed by atoms with Crippen LogP contribution in [0.1, 0.15) is 82.6 Å². The van der Waals surface area contributed by atoms with Crippen LogP contribution in [0.2, 0.25) is 0 Å². The van der Waals surface area contributed by atoms with Crippen molar-refractivity contribution in [3.8, 4) is 12.3 Å². The zero-order valence-electron chi connectivity index (χ0n) is 29.8. The summed E-state index contributed by atoms with van der Waals surface area (Å²) in [6.07, 6.45) is 5.22. The standard InChI is InChI=1S/C38H47N5O7/c1-9-19-42(22-24-10-16-29-27(21-24)31(45)41-23(2)40-29)26-13-11-25(12-14-26)32(46)43-20-18-37(35(3,4)5,36(6,7)8)38(43,34(49)50)30(44)17-15-28(39)33(47)48/h1,10-14,16,21,28H,15,17-20,22,39H2,2-8H3,(H,47,48)(H,49,50)(H,40,41,45)/t28-,38+/m0/s1. The zero-order valence-corrected chi connectivity index (χ0v) is 29.8. The number of amides is 1. The molecule has 4 rings (SSSR count). The molecule has 0 radical (unpaired) electrons. The molecule has 0 aliphatic carbocycles. The minimum absolute atomic E-state index is 0.00313. The van der Waals surface area contributed by atoms with Gasteiger partial charge in [0.05, 0.1) is 17.4 Å². The summed E-state index contributed by atoms with van der Waals surface area (Å²) in [6.45, 7) is 13.5. The Morgan fingerprint density at radius 1 is 1.06 bits per heavy atom. The second-order valence-electron chi connectivity index (χ2n) is 15.1. The summed E-state index contributed by atoms with van der Waals surface area (Å²) in [7, 11) is 0. The topological polar surface area (TPSA) is 187 Å². The molecule has 1 aromatic heterocycles. The number of nitrogens with two attached hydrogens (primary N) is 1. The molecule has 12 nitrogen and oxygen atoms in total. The fourth-order valence-corrected chi connectivity index (χ4v) is 8.41. The number of carbonyl (C=O) groups is 4. The Kier molecular flexibility index (Phi) is 10.4. The van der Waals surface area contributed by atoms with Gasteiger partial charge in [-0.1, -0.05) is 53.5 Å². The lowest BCUT2D eigenvalue weighted by atomic mass is 9.45. The highest BCUT2D eigenvalue weighted by atomic mass is 16.4. The lowest BCUT2D eigenvalue weighted by Gasteiger charge is -2.59. The number of carbonyl (C=O) groups excluding carboxylic acids is 2. The highest BCUT2D eigenvalue weighted by Crippen LogP contribution is 2.65. The number of terminal acetylenes is 1. The summed E-state index contributed by atoms with van der Waals surface area (Å²) in [5, 5.41) is 21.0. The Hall–Kier alpha value is -5.02. The van der Waals surface area contributed by atoms with Gasteiger partial charge in [0.1, 0.15) is 11.9 Å². The van der Waals surface area contributed by atoms with Gasteiger partial charge in [0.25, 0.3) is 11.5 Å². The van der Waals surface area contributed by atoms with E-state index < -0.39 is 57.9 Å². The summed E-state index contributed by atoms with van der Waals surface area (Å²) in [5.74, 6) is -0.993. The molecule has 1 amide bonds. The average Bonchev–Trinajstić information content (AvgIpc) is 3.42. The predicted molar refractivity (Wildman–Crippen MR) is 191 cm³/mol. The van der Waals surface area contributed by atoms with Crippen LogP contribution >= 0.6 is 0 Å². The monoisotopic (exact) mass is 685 g/mol. The number of Topliss-reactive ketones (excluding diaryl/α,β-unsaturated/α-hetero) is 1. The Morgan fingerprint density at radius 3 is 2.22 bits per heavy atom. The van der Waals surface area contributed by atoms with Gasteiger partial charge in [0.15, 0.2) is 5.78 Å². The molecule has 2 aromatic carbocycles. The molecule has 266 valence electrons. The number of benzene rings is 2. The number of H-pyrrole nitrogens is 1. The molecule has 12 heteroatoms. The molecule has 1 fully saturated rings. The van der Waals surface area contributed by atoms with Crippen molar-refractivity contribution in [1.82, 2.24) is 14.9 Å². The number of aromatic amines is 1. The molecule has 5 N–H and O–H groups in total. The second-order valence-corrected chi connectivity index (χ2v) is 15.1. The molecule has 1 aliphatic heterocycles. The third kappa shape index (κ3) is 6.38. The third-order valence-corrected chi connectivity index (χ3v) is 10.3. The van der Waals surface area contributed by atoms with Crippen LogP contribution in [0.4, 0.5) is 5.69 Å². The van der Waals surface area contributed by atoms with Gasteiger partial charge in [-0.3, -0.25) is 19.2 Å². The van der Waals surface area contributed by atoms with E-state index in [-0.39, 0.29) is 37.1 Å². The molecule has 2 heterocycles. The second kappa shape index (κ2) is 13.7. The summed E-state index contributed by atoms with van der Waals surface area (Å²) in [5.41, 5.74) is 2.60. The number of hydrogen-bond donors (Lipinski definition) is 4. The molecule has 1 aliphatic rings. The van der Waals surface area contributed by atoms with Gasteiger partial charge < -0.3 is 30.7 Å². The fraction of sp³-hybridized carbons (Fsp3) is 0.474. The summed E-state index contributed by atoms with van der Waals surface area (Å²) < 4.78 is 0. The van der Waals surface area contributed by atoms with E-state index in [0.717, 1.165) is 5.56 Å². The molecule has 1 saturated heterocycles. The zero-order chi connectivity index (χ0) is 37.4. The summed E-state index contributed by atoms with van der Waals surface area (Å²) in [4.78, 5) is 76.8. The first-order chi connectivity index (χ1) is 23.2. The highest BCUT2D eigenvalue weighted by Gasteiger charge is 2.76.